The number of benzene rings is 1. The summed E-state index contributed by atoms with van der Waals surface area (Å²) in [5.74, 6) is 0. The average Bonchev–Trinajstić information content (AvgIpc) is 2.85. The Labute approximate surface area is 101 Å². The monoisotopic (exact) mass is 231 g/mol. The zero-order chi connectivity index (χ0) is 11.4. The van der Waals surface area contributed by atoms with E-state index >= 15 is 0 Å². The van der Waals surface area contributed by atoms with Crippen LogP contribution in [0.4, 0.5) is 0 Å². The first-order chi connectivity index (χ1) is 7.85. The van der Waals surface area contributed by atoms with Gasteiger partial charge >= 0.3 is 0 Å². The molecule has 0 aliphatic rings. The number of hydrogen-bond donors (Lipinski definition) is 1. The second-order valence-electron chi connectivity index (χ2n) is 3.88. The highest BCUT2D eigenvalue weighted by atomic mass is 32.1. The highest BCUT2D eigenvalue weighted by molar-refractivity contribution is 7.08. The van der Waals surface area contributed by atoms with Crippen LogP contribution in [0.2, 0.25) is 0 Å². The largest absolute Gasteiger partial charge is 0.313 e. The fourth-order valence-corrected chi connectivity index (χ4v) is 2.61. The molecule has 0 bridgehead atoms. The van der Waals surface area contributed by atoms with Gasteiger partial charge < -0.3 is 5.32 Å². The predicted molar refractivity (Wildman–Crippen MR) is 71.8 cm³/mol. The smallest absolute Gasteiger partial charge is 0.0314 e. The maximum Gasteiger partial charge on any atom is 0.0314 e. The third-order valence-electron chi connectivity index (χ3n) is 2.92. The molecule has 0 saturated carbocycles. The summed E-state index contributed by atoms with van der Waals surface area (Å²) in [6.07, 6.45) is 1.12. The van der Waals surface area contributed by atoms with Gasteiger partial charge in [0.25, 0.3) is 0 Å². The lowest BCUT2D eigenvalue weighted by Gasteiger charge is -2.14. The molecular weight excluding hydrogens is 214 g/mol. The molecule has 0 spiro atoms. The molecule has 16 heavy (non-hydrogen) atoms. The average molecular weight is 231 g/mol. The van der Waals surface area contributed by atoms with Crippen LogP contribution in [-0.4, -0.2) is 7.05 Å². The third-order valence-corrected chi connectivity index (χ3v) is 3.61. The van der Waals surface area contributed by atoms with Gasteiger partial charge in [-0.25, -0.2) is 0 Å². The second kappa shape index (κ2) is 5.28. The lowest BCUT2D eigenvalue weighted by atomic mass is 10.0. The summed E-state index contributed by atoms with van der Waals surface area (Å²) < 4.78 is 0. The fourth-order valence-electron chi connectivity index (χ4n) is 1.94. The molecule has 0 radical (unpaired) electrons. The Hall–Kier alpha value is -1.12. The van der Waals surface area contributed by atoms with Crippen LogP contribution < -0.4 is 5.32 Å². The first-order valence-corrected chi connectivity index (χ1v) is 6.59. The molecule has 0 aliphatic carbocycles. The quantitative estimate of drug-likeness (QED) is 0.836. The van der Waals surface area contributed by atoms with Crippen LogP contribution in [0.1, 0.15) is 24.9 Å². The lowest BCUT2D eigenvalue weighted by molar-refractivity contribution is 0.577. The topological polar surface area (TPSA) is 12.0 Å². The summed E-state index contributed by atoms with van der Waals surface area (Å²) in [4.78, 5) is 0. The van der Waals surface area contributed by atoms with Crippen LogP contribution in [0.15, 0.2) is 41.1 Å². The summed E-state index contributed by atoms with van der Waals surface area (Å²) in [7, 11) is 2.01. The summed E-state index contributed by atoms with van der Waals surface area (Å²) in [6.45, 7) is 2.20. The molecule has 2 aromatic rings. The van der Waals surface area contributed by atoms with E-state index in [4.69, 9.17) is 0 Å². The Morgan fingerprint density at radius 2 is 1.88 bits per heavy atom. The molecule has 1 unspecified atom stereocenters. The van der Waals surface area contributed by atoms with Crippen molar-refractivity contribution >= 4 is 11.3 Å². The van der Waals surface area contributed by atoms with Gasteiger partial charge in [-0.05, 0) is 47.0 Å². The van der Waals surface area contributed by atoms with Crippen molar-refractivity contribution in [3.63, 3.8) is 0 Å². The minimum atomic E-state index is 0.469. The molecule has 0 aliphatic heterocycles. The molecular formula is C14H17NS. The molecule has 1 nitrogen and oxygen atoms in total. The zero-order valence-corrected chi connectivity index (χ0v) is 10.6. The van der Waals surface area contributed by atoms with Gasteiger partial charge in [0.05, 0.1) is 0 Å². The molecule has 0 amide bonds. The number of thiophene rings is 1. The van der Waals surface area contributed by atoms with E-state index in [-0.39, 0.29) is 0 Å². The van der Waals surface area contributed by atoms with Crippen LogP contribution in [-0.2, 0) is 0 Å². The van der Waals surface area contributed by atoms with Crippen molar-refractivity contribution in [3.8, 4) is 11.1 Å². The van der Waals surface area contributed by atoms with E-state index in [0.29, 0.717) is 6.04 Å². The van der Waals surface area contributed by atoms with Crippen molar-refractivity contribution in [1.82, 2.24) is 5.32 Å². The first-order valence-electron chi connectivity index (χ1n) is 5.65. The van der Waals surface area contributed by atoms with Gasteiger partial charge in [-0.2, -0.15) is 11.3 Å². The first kappa shape index (κ1) is 11.4. The number of hydrogen-bond acceptors (Lipinski definition) is 2. The normalized spacial score (nSPS) is 12.6. The van der Waals surface area contributed by atoms with Crippen LogP contribution in [0.25, 0.3) is 11.1 Å². The summed E-state index contributed by atoms with van der Waals surface area (Å²) in [5.41, 5.74) is 3.98. The minimum absolute atomic E-state index is 0.469. The van der Waals surface area contributed by atoms with Crippen molar-refractivity contribution < 1.29 is 0 Å². The van der Waals surface area contributed by atoms with Crippen LogP contribution >= 0.6 is 11.3 Å². The van der Waals surface area contributed by atoms with Crippen molar-refractivity contribution in [3.05, 3.63) is 46.7 Å². The van der Waals surface area contributed by atoms with Crippen LogP contribution in [0, 0.1) is 0 Å². The highest BCUT2D eigenvalue weighted by Gasteiger charge is 2.06. The Bertz CT molecular complexity index is 413. The van der Waals surface area contributed by atoms with E-state index in [1.165, 1.54) is 16.7 Å². The van der Waals surface area contributed by atoms with Crippen molar-refractivity contribution in [2.45, 2.75) is 19.4 Å². The van der Waals surface area contributed by atoms with E-state index in [1.807, 2.05) is 7.05 Å². The maximum absolute atomic E-state index is 3.32. The Kier molecular flexibility index (Phi) is 3.75. The van der Waals surface area contributed by atoms with Crippen LogP contribution in [0.5, 0.6) is 0 Å². The van der Waals surface area contributed by atoms with E-state index in [0.717, 1.165) is 6.42 Å². The Morgan fingerprint density at radius 1 is 1.12 bits per heavy atom. The predicted octanol–water partition coefficient (Wildman–Crippen LogP) is 4.09. The maximum atomic E-state index is 3.32. The van der Waals surface area contributed by atoms with Crippen molar-refractivity contribution in [2.75, 3.05) is 7.05 Å². The van der Waals surface area contributed by atoms with E-state index in [2.05, 4.69) is 53.3 Å². The van der Waals surface area contributed by atoms with E-state index < -0.39 is 0 Å². The SMILES string of the molecule is CCC(NC)c1ccc(-c2ccsc2)cc1. The zero-order valence-electron chi connectivity index (χ0n) is 9.73. The van der Waals surface area contributed by atoms with E-state index in [9.17, 15) is 0 Å². The standard InChI is InChI=1S/C14H17NS/c1-3-14(15-2)12-6-4-11(5-7-12)13-8-9-16-10-13/h4-10,14-15H,3H2,1-2H3. The molecule has 2 heteroatoms. The summed E-state index contributed by atoms with van der Waals surface area (Å²) in [6, 6.07) is 11.5. The van der Waals surface area contributed by atoms with Gasteiger partial charge in [0.1, 0.15) is 0 Å². The molecule has 1 aromatic carbocycles. The molecule has 1 atom stereocenters. The summed E-state index contributed by atoms with van der Waals surface area (Å²) in [5, 5.41) is 7.63. The fraction of sp³-hybridized carbons (Fsp3) is 0.286. The molecule has 1 N–H and O–H groups in total. The van der Waals surface area contributed by atoms with Gasteiger partial charge in [-0.15, -0.1) is 0 Å². The van der Waals surface area contributed by atoms with E-state index in [1.54, 1.807) is 11.3 Å². The number of rotatable bonds is 4. The molecule has 1 heterocycles. The van der Waals surface area contributed by atoms with Gasteiger partial charge in [-0.1, -0.05) is 31.2 Å². The Balaban J connectivity index is 2.22. The van der Waals surface area contributed by atoms with Crippen LogP contribution in [0.3, 0.4) is 0 Å². The third kappa shape index (κ3) is 2.34. The van der Waals surface area contributed by atoms with Gasteiger partial charge in [0.15, 0.2) is 0 Å². The summed E-state index contributed by atoms with van der Waals surface area (Å²) >= 11 is 1.74. The van der Waals surface area contributed by atoms with Gasteiger partial charge in [0.2, 0.25) is 0 Å². The molecule has 84 valence electrons. The molecule has 0 saturated heterocycles. The molecule has 0 fully saturated rings. The minimum Gasteiger partial charge on any atom is -0.313 e. The second-order valence-corrected chi connectivity index (χ2v) is 4.66. The number of nitrogens with one attached hydrogen (secondary N) is 1. The van der Waals surface area contributed by atoms with Gasteiger partial charge in [0, 0.05) is 6.04 Å². The Morgan fingerprint density at radius 3 is 2.38 bits per heavy atom. The lowest BCUT2D eigenvalue weighted by Crippen LogP contribution is -2.14. The molecule has 1 aromatic heterocycles. The highest BCUT2D eigenvalue weighted by Crippen LogP contribution is 2.24. The molecule has 2 rings (SSSR count). The van der Waals surface area contributed by atoms with Gasteiger partial charge in [-0.3, -0.25) is 0 Å². The van der Waals surface area contributed by atoms with Crippen molar-refractivity contribution in [1.29, 1.82) is 0 Å². The van der Waals surface area contributed by atoms with Crippen molar-refractivity contribution in [2.24, 2.45) is 0 Å².